The zero-order valence-corrected chi connectivity index (χ0v) is 17.9. The molecule has 1 atom stereocenters. The fourth-order valence-electron chi connectivity index (χ4n) is 3.47. The highest BCUT2D eigenvalue weighted by Crippen LogP contribution is 2.34. The number of nitrogens with zero attached hydrogens (tertiary/aromatic N) is 4. The number of carbonyl (C=O) groups is 1. The van der Waals surface area contributed by atoms with E-state index in [1.54, 1.807) is 18.5 Å². The molecular formula is C22H25N5O2S. The van der Waals surface area contributed by atoms with E-state index in [1.807, 2.05) is 29.6 Å². The molecule has 1 aliphatic heterocycles. The van der Waals surface area contributed by atoms with E-state index in [4.69, 9.17) is 9.72 Å². The fraction of sp³-hybridized carbons (Fsp3) is 0.364. The number of benzene rings is 1. The van der Waals surface area contributed by atoms with Crippen LogP contribution < -0.4 is 15.0 Å². The topological polar surface area (TPSA) is 80.2 Å². The number of anilines is 1. The zero-order valence-electron chi connectivity index (χ0n) is 17.1. The quantitative estimate of drug-likeness (QED) is 0.625. The van der Waals surface area contributed by atoms with E-state index in [0.29, 0.717) is 18.9 Å². The van der Waals surface area contributed by atoms with Gasteiger partial charge in [-0.15, -0.1) is 11.3 Å². The van der Waals surface area contributed by atoms with Crippen molar-refractivity contribution in [3.05, 3.63) is 53.8 Å². The van der Waals surface area contributed by atoms with Crippen molar-refractivity contribution in [1.82, 2.24) is 20.3 Å². The lowest BCUT2D eigenvalue weighted by Gasteiger charge is -2.35. The van der Waals surface area contributed by atoms with Gasteiger partial charge in [0, 0.05) is 23.8 Å². The summed E-state index contributed by atoms with van der Waals surface area (Å²) in [6.07, 6.45) is 4.67. The van der Waals surface area contributed by atoms with E-state index < -0.39 is 6.10 Å². The van der Waals surface area contributed by atoms with Crippen LogP contribution in [-0.2, 0) is 11.3 Å². The van der Waals surface area contributed by atoms with Crippen LogP contribution in [0.25, 0.3) is 10.8 Å². The van der Waals surface area contributed by atoms with E-state index in [2.05, 4.69) is 34.0 Å². The predicted molar refractivity (Wildman–Crippen MR) is 118 cm³/mol. The molecule has 156 valence electrons. The average Bonchev–Trinajstić information content (AvgIpc) is 3.26. The van der Waals surface area contributed by atoms with Crippen molar-refractivity contribution in [3.8, 4) is 16.6 Å². The lowest BCUT2D eigenvalue weighted by molar-refractivity contribution is -0.128. The molecule has 1 aliphatic rings. The van der Waals surface area contributed by atoms with Gasteiger partial charge in [-0.25, -0.2) is 15.0 Å². The number of para-hydroxylation sites is 2. The van der Waals surface area contributed by atoms with Crippen molar-refractivity contribution in [1.29, 1.82) is 0 Å². The zero-order chi connectivity index (χ0) is 20.9. The maximum atomic E-state index is 12.8. The van der Waals surface area contributed by atoms with Gasteiger partial charge in [0.2, 0.25) is 0 Å². The summed E-state index contributed by atoms with van der Waals surface area (Å²) in [4.78, 5) is 28.2. The van der Waals surface area contributed by atoms with Crippen molar-refractivity contribution >= 4 is 22.9 Å². The van der Waals surface area contributed by atoms with Gasteiger partial charge < -0.3 is 15.0 Å². The molecule has 1 amide bonds. The van der Waals surface area contributed by atoms with Gasteiger partial charge in [-0.05, 0) is 31.0 Å². The second-order valence-corrected chi connectivity index (χ2v) is 8.05. The van der Waals surface area contributed by atoms with Crippen LogP contribution in [-0.4, -0.2) is 39.5 Å². The fourth-order valence-corrected chi connectivity index (χ4v) is 4.22. The minimum absolute atomic E-state index is 0.0696. The average molecular weight is 424 g/mol. The summed E-state index contributed by atoms with van der Waals surface area (Å²) >= 11 is 1.52. The first-order valence-electron chi connectivity index (χ1n) is 10.2. The second-order valence-electron chi connectivity index (χ2n) is 7.19. The minimum Gasteiger partial charge on any atom is -0.477 e. The molecule has 0 fully saturated rings. The number of nitrogens with one attached hydrogen (secondary N) is 1. The van der Waals surface area contributed by atoms with Gasteiger partial charge in [0.05, 0.1) is 24.5 Å². The van der Waals surface area contributed by atoms with E-state index in [-0.39, 0.29) is 11.9 Å². The number of rotatable bonds is 7. The molecule has 3 heterocycles. The second kappa shape index (κ2) is 9.21. The van der Waals surface area contributed by atoms with Crippen LogP contribution in [0.15, 0.2) is 48.1 Å². The van der Waals surface area contributed by atoms with E-state index in [0.717, 1.165) is 35.0 Å². The molecule has 0 radical (unpaired) electrons. The van der Waals surface area contributed by atoms with Crippen molar-refractivity contribution < 1.29 is 9.53 Å². The van der Waals surface area contributed by atoms with Gasteiger partial charge in [0.15, 0.2) is 16.9 Å². The Hall–Kier alpha value is -3.00. The summed E-state index contributed by atoms with van der Waals surface area (Å²) in [5.74, 6) is 1.27. The van der Waals surface area contributed by atoms with Crippen molar-refractivity contribution in [2.45, 2.75) is 45.4 Å². The number of thiazole rings is 1. The molecule has 1 unspecified atom stereocenters. The third-order valence-corrected chi connectivity index (χ3v) is 6.03. The third kappa shape index (κ3) is 4.43. The predicted octanol–water partition coefficient (Wildman–Crippen LogP) is 3.67. The maximum Gasteiger partial charge on any atom is 0.263 e. The smallest absolute Gasteiger partial charge is 0.263 e. The summed E-state index contributed by atoms with van der Waals surface area (Å²) in [6.45, 7) is 5.21. The van der Waals surface area contributed by atoms with E-state index >= 15 is 0 Å². The van der Waals surface area contributed by atoms with Crippen molar-refractivity contribution in [3.63, 3.8) is 0 Å². The molecule has 7 nitrogen and oxygen atoms in total. The largest absolute Gasteiger partial charge is 0.477 e. The first-order chi connectivity index (χ1) is 14.7. The van der Waals surface area contributed by atoms with Gasteiger partial charge in [-0.3, -0.25) is 4.79 Å². The molecule has 0 bridgehead atoms. The summed E-state index contributed by atoms with van der Waals surface area (Å²) in [5, 5.41) is 5.91. The summed E-state index contributed by atoms with van der Waals surface area (Å²) < 4.78 is 6.03. The number of amides is 1. The Kier molecular flexibility index (Phi) is 6.23. The van der Waals surface area contributed by atoms with Crippen LogP contribution in [0.2, 0.25) is 0 Å². The SMILES string of the molecule is CCC(CC)NC(=O)C1CN(Cc2csc(-c3ncccn3)n2)c2ccccc2O1. The molecular weight excluding hydrogens is 398 g/mol. The molecule has 0 spiro atoms. The minimum atomic E-state index is -0.559. The summed E-state index contributed by atoms with van der Waals surface area (Å²) in [6, 6.07) is 9.77. The number of ether oxygens (including phenoxy) is 1. The Balaban J connectivity index is 1.53. The Bertz CT molecular complexity index is 990. The van der Waals surface area contributed by atoms with Crippen molar-refractivity contribution in [2.24, 2.45) is 0 Å². The molecule has 0 saturated heterocycles. The number of carbonyl (C=O) groups excluding carboxylic acids is 1. The van der Waals surface area contributed by atoms with Gasteiger partial charge >= 0.3 is 0 Å². The highest BCUT2D eigenvalue weighted by atomic mass is 32.1. The van der Waals surface area contributed by atoms with Crippen LogP contribution in [0.3, 0.4) is 0 Å². The normalized spacial score (nSPS) is 15.6. The lowest BCUT2D eigenvalue weighted by Crippen LogP contribution is -2.51. The van der Waals surface area contributed by atoms with Gasteiger partial charge in [0.25, 0.3) is 5.91 Å². The van der Waals surface area contributed by atoms with Crippen LogP contribution in [0.1, 0.15) is 32.4 Å². The summed E-state index contributed by atoms with van der Waals surface area (Å²) in [7, 11) is 0. The van der Waals surface area contributed by atoms with Gasteiger partial charge in [0.1, 0.15) is 5.75 Å². The monoisotopic (exact) mass is 423 g/mol. The Morgan fingerprint density at radius 1 is 1.23 bits per heavy atom. The first kappa shape index (κ1) is 20.3. The third-order valence-electron chi connectivity index (χ3n) is 5.15. The molecule has 1 N–H and O–H groups in total. The van der Waals surface area contributed by atoms with Crippen molar-refractivity contribution in [2.75, 3.05) is 11.4 Å². The van der Waals surface area contributed by atoms with E-state index in [9.17, 15) is 4.79 Å². The molecule has 0 saturated carbocycles. The Morgan fingerprint density at radius 2 is 2.00 bits per heavy atom. The Labute approximate surface area is 180 Å². The molecule has 30 heavy (non-hydrogen) atoms. The first-order valence-corrected chi connectivity index (χ1v) is 11.1. The van der Waals surface area contributed by atoms with Gasteiger partial charge in [-0.1, -0.05) is 26.0 Å². The molecule has 2 aromatic heterocycles. The van der Waals surface area contributed by atoms with Crippen LogP contribution in [0.5, 0.6) is 5.75 Å². The molecule has 4 rings (SSSR count). The standard InChI is InChI=1S/C22H25N5O2S/c1-3-15(4-2)25-21(28)19-13-27(17-8-5-6-9-18(17)29-19)12-16-14-30-22(26-16)20-23-10-7-11-24-20/h5-11,14-15,19H,3-4,12-13H2,1-2H3,(H,25,28). The van der Waals surface area contributed by atoms with Crippen LogP contribution >= 0.6 is 11.3 Å². The highest BCUT2D eigenvalue weighted by molar-refractivity contribution is 7.13. The molecule has 8 heteroatoms. The molecule has 3 aromatic rings. The number of aromatic nitrogens is 3. The Morgan fingerprint density at radius 3 is 2.77 bits per heavy atom. The number of fused-ring (bicyclic) bond motifs is 1. The number of hydrogen-bond acceptors (Lipinski definition) is 7. The maximum absolute atomic E-state index is 12.8. The number of hydrogen-bond donors (Lipinski definition) is 1. The summed E-state index contributed by atoms with van der Waals surface area (Å²) in [5.41, 5.74) is 1.88. The van der Waals surface area contributed by atoms with Gasteiger partial charge in [-0.2, -0.15) is 0 Å². The van der Waals surface area contributed by atoms with Crippen LogP contribution in [0, 0.1) is 0 Å². The molecule has 1 aromatic carbocycles. The lowest BCUT2D eigenvalue weighted by atomic mass is 10.1. The van der Waals surface area contributed by atoms with Crippen LogP contribution in [0.4, 0.5) is 5.69 Å². The highest BCUT2D eigenvalue weighted by Gasteiger charge is 2.31. The van der Waals surface area contributed by atoms with E-state index in [1.165, 1.54) is 11.3 Å². The molecule has 0 aliphatic carbocycles.